The van der Waals surface area contributed by atoms with Crippen LogP contribution in [0.4, 0.5) is 0 Å². The molecule has 1 heterocycles. The summed E-state index contributed by atoms with van der Waals surface area (Å²) in [5, 5.41) is 11.6. The number of para-hydroxylation sites is 1. The summed E-state index contributed by atoms with van der Waals surface area (Å²) in [6, 6.07) is 20.4. The first-order valence-corrected chi connectivity index (χ1v) is 11.4. The second-order valence-electron chi connectivity index (χ2n) is 6.47. The van der Waals surface area contributed by atoms with E-state index in [2.05, 4.69) is 5.10 Å². The van der Waals surface area contributed by atoms with Crippen LogP contribution >= 0.6 is 34.8 Å². The lowest BCUT2D eigenvalue weighted by atomic mass is 10.1. The highest BCUT2D eigenvalue weighted by molar-refractivity contribution is 7.89. The zero-order valence-corrected chi connectivity index (χ0v) is 18.3. The number of sulfonamides is 1. The summed E-state index contributed by atoms with van der Waals surface area (Å²) in [5.41, 5.74) is 2.87. The molecule has 0 saturated carbocycles. The van der Waals surface area contributed by atoms with E-state index in [1.807, 2.05) is 12.1 Å². The van der Waals surface area contributed by atoms with Crippen molar-refractivity contribution in [1.29, 1.82) is 0 Å². The molecule has 0 saturated heterocycles. The molecular formula is C21H14Cl3N3O2S. The standard InChI is InChI=1S/C21H14Cl3N3O2S/c22-14-7-5-13(6-8-14)20-12-18(16-11-15(23)9-10-17(16)24)26-27(20)19-3-1-2-4-21(19)30(25,28)29/h1-12H,(H2,25,28,29). The fraction of sp³-hybridized carbons (Fsp3) is 0. The van der Waals surface area contributed by atoms with Crippen molar-refractivity contribution in [2.75, 3.05) is 0 Å². The number of aromatic nitrogens is 2. The van der Waals surface area contributed by atoms with Crippen LogP contribution in [-0.2, 0) is 10.0 Å². The smallest absolute Gasteiger partial charge is 0.231 e. The molecule has 0 radical (unpaired) electrons. The van der Waals surface area contributed by atoms with Crippen molar-refractivity contribution in [3.8, 4) is 28.2 Å². The molecule has 4 aromatic rings. The predicted octanol–water partition coefficient (Wildman–Crippen LogP) is 5.81. The molecule has 0 atom stereocenters. The van der Waals surface area contributed by atoms with Gasteiger partial charge in [-0.15, -0.1) is 0 Å². The van der Waals surface area contributed by atoms with Crippen LogP contribution in [0.2, 0.25) is 15.1 Å². The number of hydrogen-bond donors (Lipinski definition) is 1. The molecule has 152 valence electrons. The van der Waals surface area contributed by atoms with E-state index in [0.29, 0.717) is 37.7 Å². The van der Waals surface area contributed by atoms with Crippen LogP contribution in [0.5, 0.6) is 0 Å². The van der Waals surface area contributed by atoms with E-state index in [1.165, 1.54) is 10.7 Å². The molecule has 0 amide bonds. The van der Waals surface area contributed by atoms with E-state index in [0.717, 1.165) is 5.56 Å². The highest BCUT2D eigenvalue weighted by atomic mass is 35.5. The van der Waals surface area contributed by atoms with Crippen molar-refractivity contribution < 1.29 is 8.42 Å². The Balaban J connectivity index is 2.02. The van der Waals surface area contributed by atoms with Crippen molar-refractivity contribution >= 4 is 44.8 Å². The molecule has 0 unspecified atom stereocenters. The van der Waals surface area contributed by atoms with E-state index >= 15 is 0 Å². The first-order chi connectivity index (χ1) is 14.2. The van der Waals surface area contributed by atoms with Crippen molar-refractivity contribution in [2.45, 2.75) is 4.90 Å². The maximum Gasteiger partial charge on any atom is 0.240 e. The number of halogens is 3. The zero-order chi connectivity index (χ0) is 21.5. The molecule has 0 aliphatic heterocycles. The van der Waals surface area contributed by atoms with E-state index in [-0.39, 0.29) is 4.90 Å². The summed E-state index contributed by atoms with van der Waals surface area (Å²) >= 11 is 18.5. The fourth-order valence-corrected chi connectivity index (χ4v) is 4.32. The van der Waals surface area contributed by atoms with Gasteiger partial charge in [0.05, 0.1) is 22.1 Å². The van der Waals surface area contributed by atoms with Crippen LogP contribution in [0.15, 0.2) is 77.7 Å². The average Bonchev–Trinajstić information content (AvgIpc) is 3.15. The summed E-state index contributed by atoms with van der Waals surface area (Å²) in [4.78, 5) is -0.0490. The van der Waals surface area contributed by atoms with Gasteiger partial charge in [0, 0.05) is 21.2 Å². The largest absolute Gasteiger partial charge is 0.240 e. The fourth-order valence-electron chi connectivity index (χ4n) is 3.09. The van der Waals surface area contributed by atoms with Crippen LogP contribution in [0.25, 0.3) is 28.2 Å². The van der Waals surface area contributed by atoms with Gasteiger partial charge in [-0.3, -0.25) is 0 Å². The zero-order valence-electron chi connectivity index (χ0n) is 15.3. The number of rotatable bonds is 4. The molecule has 2 N–H and O–H groups in total. The molecule has 0 aliphatic rings. The van der Waals surface area contributed by atoms with Crippen LogP contribution in [-0.4, -0.2) is 18.2 Å². The SMILES string of the molecule is NS(=O)(=O)c1ccccc1-n1nc(-c2cc(Cl)ccc2Cl)cc1-c1ccc(Cl)cc1. The third kappa shape index (κ3) is 4.10. The Morgan fingerprint density at radius 3 is 2.20 bits per heavy atom. The molecule has 3 aromatic carbocycles. The van der Waals surface area contributed by atoms with E-state index in [4.69, 9.17) is 39.9 Å². The van der Waals surface area contributed by atoms with Gasteiger partial charge >= 0.3 is 0 Å². The minimum Gasteiger partial charge on any atom is -0.231 e. The maximum atomic E-state index is 12.2. The Morgan fingerprint density at radius 1 is 0.833 bits per heavy atom. The molecule has 0 spiro atoms. The highest BCUT2D eigenvalue weighted by Crippen LogP contribution is 2.35. The van der Waals surface area contributed by atoms with Crippen LogP contribution in [0.3, 0.4) is 0 Å². The molecule has 30 heavy (non-hydrogen) atoms. The minimum absolute atomic E-state index is 0.0490. The van der Waals surface area contributed by atoms with Gasteiger partial charge in [-0.25, -0.2) is 18.2 Å². The Hall–Kier alpha value is -2.35. The lowest BCUT2D eigenvalue weighted by molar-refractivity contribution is 0.596. The molecule has 4 rings (SSSR count). The minimum atomic E-state index is -3.99. The molecule has 9 heteroatoms. The van der Waals surface area contributed by atoms with E-state index in [9.17, 15) is 8.42 Å². The summed E-state index contributed by atoms with van der Waals surface area (Å²) < 4.78 is 25.9. The molecule has 0 aliphatic carbocycles. The van der Waals surface area contributed by atoms with Gasteiger partial charge in [0.1, 0.15) is 4.90 Å². The lowest BCUT2D eigenvalue weighted by Crippen LogP contribution is -2.16. The van der Waals surface area contributed by atoms with Crippen molar-refractivity contribution in [3.05, 3.63) is 87.9 Å². The number of hydrogen-bond acceptors (Lipinski definition) is 3. The van der Waals surface area contributed by atoms with Gasteiger partial charge < -0.3 is 0 Å². The number of primary sulfonamides is 1. The second kappa shape index (κ2) is 8.06. The third-order valence-electron chi connectivity index (χ3n) is 4.45. The Morgan fingerprint density at radius 2 is 1.50 bits per heavy atom. The number of benzene rings is 3. The van der Waals surface area contributed by atoms with Crippen LogP contribution < -0.4 is 5.14 Å². The normalized spacial score (nSPS) is 11.6. The molecule has 5 nitrogen and oxygen atoms in total. The Labute approximate surface area is 188 Å². The first kappa shape index (κ1) is 20.9. The lowest BCUT2D eigenvalue weighted by Gasteiger charge is -2.11. The van der Waals surface area contributed by atoms with Gasteiger partial charge in [0.25, 0.3) is 0 Å². The van der Waals surface area contributed by atoms with Gasteiger partial charge in [-0.2, -0.15) is 5.10 Å². The molecule has 0 fully saturated rings. The molecule has 0 bridgehead atoms. The summed E-state index contributed by atoms with van der Waals surface area (Å²) in [5.74, 6) is 0. The summed E-state index contributed by atoms with van der Waals surface area (Å²) in [7, 11) is -3.99. The second-order valence-corrected chi connectivity index (χ2v) is 9.28. The topological polar surface area (TPSA) is 78.0 Å². The monoisotopic (exact) mass is 477 g/mol. The van der Waals surface area contributed by atoms with Gasteiger partial charge in [-0.05, 0) is 48.5 Å². The van der Waals surface area contributed by atoms with Crippen molar-refractivity contribution in [2.24, 2.45) is 5.14 Å². The van der Waals surface area contributed by atoms with Crippen LogP contribution in [0.1, 0.15) is 0 Å². The summed E-state index contributed by atoms with van der Waals surface area (Å²) in [6.45, 7) is 0. The quantitative estimate of drug-likeness (QED) is 0.402. The van der Waals surface area contributed by atoms with Gasteiger partial charge in [0.15, 0.2) is 0 Å². The predicted molar refractivity (Wildman–Crippen MR) is 121 cm³/mol. The summed E-state index contributed by atoms with van der Waals surface area (Å²) in [6.07, 6.45) is 0. The maximum absolute atomic E-state index is 12.2. The van der Waals surface area contributed by atoms with E-state index in [1.54, 1.807) is 54.6 Å². The van der Waals surface area contributed by atoms with Crippen LogP contribution in [0, 0.1) is 0 Å². The van der Waals surface area contributed by atoms with Gasteiger partial charge in [0.2, 0.25) is 10.0 Å². The Kier molecular flexibility index (Phi) is 5.61. The highest BCUT2D eigenvalue weighted by Gasteiger charge is 2.20. The van der Waals surface area contributed by atoms with Crippen molar-refractivity contribution in [3.63, 3.8) is 0 Å². The third-order valence-corrected chi connectivity index (χ3v) is 6.23. The first-order valence-electron chi connectivity index (χ1n) is 8.68. The molecule has 1 aromatic heterocycles. The van der Waals surface area contributed by atoms with Crippen molar-refractivity contribution in [1.82, 2.24) is 9.78 Å². The van der Waals surface area contributed by atoms with Gasteiger partial charge in [-0.1, -0.05) is 59.1 Å². The molecular weight excluding hydrogens is 465 g/mol. The Bertz CT molecular complexity index is 1350. The average molecular weight is 479 g/mol. The number of nitrogens with zero attached hydrogens (tertiary/aromatic N) is 2. The van der Waals surface area contributed by atoms with E-state index < -0.39 is 10.0 Å². The number of nitrogens with two attached hydrogens (primary N) is 1.